The number of hydrogen-bond donors (Lipinski definition) is 0. The second-order valence-electron chi connectivity index (χ2n) is 4.00. The predicted octanol–water partition coefficient (Wildman–Crippen LogP) is 3.76. The van der Waals surface area contributed by atoms with E-state index in [1.54, 1.807) is 7.11 Å². The molecule has 1 unspecified atom stereocenters. The third kappa shape index (κ3) is 3.43. The lowest BCUT2D eigenvalue weighted by atomic mass is 9.97. The van der Waals surface area contributed by atoms with E-state index in [-0.39, 0.29) is 0 Å². The van der Waals surface area contributed by atoms with Gasteiger partial charge in [0.25, 0.3) is 0 Å². The summed E-state index contributed by atoms with van der Waals surface area (Å²) in [4.78, 5) is 0. The number of allylic oxidation sites excluding steroid dienone is 2. The van der Waals surface area contributed by atoms with Gasteiger partial charge in [-0.2, -0.15) is 0 Å². The van der Waals surface area contributed by atoms with Gasteiger partial charge in [0.15, 0.2) is 0 Å². The molecule has 1 atom stereocenters. The van der Waals surface area contributed by atoms with Crippen LogP contribution < -0.4 is 4.74 Å². The second kappa shape index (κ2) is 5.59. The SMILES string of the molecule is C/C=C\C(C)Cc1ccc(OC)cc1C. The minimum absolute atomic E-state index is 0.599. The third-order valence-corrected chi connectivity index (χ3v) is 2.61. The van der Waals surface area contributed by atoms with Gasteiger partial charge < -0.3 is 4.74 Å². The highest BCUT2D eigenvalue weighted by molar-refractivity contribution is 5.35. The van der Waals surface area contributed by atoms with Crippen molar-refractivity contribution in [2.75, 3.05) is 7.11 Å². The van der Waals surface area contributed by atoms with Gasteiger partial charge in [0.05, 0.1) is 7.11 Å². The zero-order chi connectivity index (χ0) is 11.3. The van der Waals surface area contributed by atoms with Crippen molar-refractivity contribution < 1.29 is 4.74 Å². The molecular weight excluding hydrogens is 184 g/mol. The summed E-state index contributed by atoms with van der Waals surface area (Å²) in [5.41, 5.74) is 2.71. The Kier molecular flexibility index (Phi) is 4.41. The molecule has 15 heavy (non-hydrogen) atoms. The van der Waals surface area contributed by atoms with Crippen molar-refractivity contribution in [1.82, 2.24) is 0 Å². The van der Waals surface area contributed by atoms with Crippen molar-refractivity contribution in [3.05, 3.63) is 41.5 Å². The molecule has 1 aromatic rings. The molecule has 1 rings (SSSR count). The topological polar surface area (TPSA) is 9.23 Å². The Hall–Kier alpha value is -1.24. The molecule has 1 aromatic carbocycles. The van der Waals surface area contributed by atoms with E-state index in [2.05, 4.69) is 45.1 Å². The zero-order valence-corrected chi connectivity index (χ0v) is 10.1. The molecule has 0 spiro atoms. The number of hydrogen-bond acceptors (Lipinski definition) is 1. The first-order valence-electron chi connectivity index (χ1n) is 5.43. The highest BCUT2D eigenvalue weighted by Crippen LogP contribution is 2.19. The fourth-order valence-electron chi connectivity index (χ4n) is 1.77. The van der Waals surface area contributed by atoms with Gasteiger partial charge in [0, 0.05) is 0 Å². The van der Waals surface area contributed by atoms with Crippen LogP contribution in [0.25, 0.3) is 0 Å². The highest BCUT2D eigenvalue weighted by atomic mass is 16.5. The number of rotatable bonds is 4. The van der Waals surface area contributed by atoms with E-state index in [1.165, 1.54) is 11.1 Å². The quantitative estimate of drug-likeness (QED) is 0.678. The molecule has 0 aliphatic heterocycles. The van der Waals surface area contributed by atoms with Crippen molar-refractivity contribution in [3.63, 3.8) is 0 Å². The largest absolute Gasteiger partial charge is 0.497 e. The molecule has 0 N–H and O–H groups in total. The first kappa shape index (κ1) is 11.8. The van der Waals surface area contributed by atoms with Crippen LogP contribution in [-0.2, 0) is 6.42 Å². The maximum absolute atomic E-state index is 5.19. The van der Waals surface area contributed by atoms with E-state index in [0.717, 1.165) is 12.2 Å². The smallest absolute Gasteiger partial charge is 0.119 e. The Balaban J connectivity index is 2.78. The Morgan fingerprint density at radius 3 is 2.67 bits per heavy atom. The van der Waals surface area contributed by atoms with Crippen molar-refractivity contribution in [3.8, 4) is 5.75 Å². The Bertz CT molecular complexity index is 339. The number of aryl methyl sites for hydroxylation is 1. The van der Waals surface area contributed by atoms with E-state index in [9.17, 15) is 0 Å². The maximum Gasteiger partial charge on any atom is 0.119 e. The van der Waals surface area contributed by atoms with Gasteiger partial charge in [0.1, 0.15) is 5.75 Å². The molecule has 0 aromatic heterocycles. The number of benzene rings is 1. The highest BCUT2D eigenvalue weighted by Gasteiger charge is 2.03. The van der Waals surface area contributed by atoms with Gasteiger partial charge in [-0.05, 0) is 49.4 Å². The van der Waals surface area contributed by atoms with Crippen LogP contribution in [-0.4, -0.2) is 7.11 Å². The van der Waals surface area contributed by atoms with Crippen molar-refractivity contribution in [2.45, 2.75) is 27.2 Å². The second-order valence-corrected chi connectivity index (χ2v) is 4.00. The molecule has 1 nitrogen and oxygen atoms in total. The molecule has 0 radical (unpaired) electrons. The van der Waals surface area contributed by atoms with Gasteiger partial charge in [-0.3, -0.25) is 0 Å². The predicted molar refractivity (Wildman–Crippen MR) is 65.4 cm³/mol. The molecular formula is C14H20O. The lowest BCUT2D eigenvalue weighted by molar-refractivity contribution is 0.414. The average molecular weight is 204 g/mol. The normalized spacial score (nSPS) is 13.1. The fourth-order valence-corrected chi connectivity index (χ4v) is 1.77. The summed E-state index contributed by atoms with van der Waals surface area (Å²) in [7, 11) is 1.71. The van der Waals surface area contributed by atoms with Crippen LogP contribution >= 0.6 is 0 Å². The lowest BCUT2D eigenvalue weighted by Crippen LogP contribution is -1.98. The first-order chi connectivity index (χ1) is 7.17. The van der Waals surface area contributed by atoms with Crippen LogP contribution in [0.2, 0.25) is 0 Å². The molecule has 0 saturated carbocycles. The summed E-state index contributed by atoms with van der Waals surface area (Å²) in [6, 6.07) is 6.29. The van der Waals surface area contributed by atoms with Gasteiger partial charge in [-0.1, -0.05) is 25.1 Å². The number of methoxy groups -OCH3 is 1. The summed E-state index contributed by atoms with van der Waals surface area (Å²) in [5.74, 6) is 1.54. The van der Waals surface area contributed by atoms with Gasteiger partial charge in [0.2, 0.25) is 0 Å². The molecule has 0 bridgehead atoms. The van der Waals surface area contributed by atoms with Gasteiger partial charge >= 0.3 is 0 Å². The van der Waals surface area contributed by atoms with Crippen LogP contribution in [0.3, 0.4) is 0 Å². The van der Waals surface area contributed by atoms with Gasteiger partial charge in [-0.25, -0.2) is 0 Å². The lowest BCUT2D eigenvalue weighted by Gasteiger charge is -2.10. The van der Waals surface area contributed by atoms with E-state index < -0.39 is 0 Å². The van der Waals surface area contributed by atoms with E-state index in [4.69, 9.17) is 4.74 Å². The van der Waals surface area contributed by atoms with E-state index in [1.807, 2.05) is 6.07 Å². The monoisotopic (exact) mass is 204 g/mol. The molecule has 0 aliphatic rings. The molecule has 0 heterocycles. The summed E-state index contributed by atoms with van der Waals surface area (Å²) in [6.07, 6.45) is 5.45. The van der Waals surface area contributed by atoms with Crippen LogP contribution in [0.5, 0.6) is 5.75 Å². The van der Waals surface area contributed by atoms with Crippen LogP contribution in [0.15, 0.2) is 30.4 Å². The first-order valence-corrected chi connectivity index (χ1v) is 5.43. The molecule has 1 heteroatoms. The van der Waals surface area contributed by atoms with Crippen molar-refractivity contribution in [1.29, 1.82) is 0 Å². The van der Waals surface area contributed by atoms with Crippen molar-refractivity contribution in [2.24, 2.45) is 5.92 Å². The Morgan fingerprint density at radius 2 is 2.13 bits per heavy atom. The van der Waals surface area contributed by atoms with E-state index in [0.29, 0.717) is 5.92 Å². The van der Waals surface area contributed by atoms with Crippen LogP contribution in [0, 0.1) is 12.8 Å². The minimum Gasteiger partial charge on any atom is -0.497 e. The summed E-state index contributed by atoms with van der Waals surface area (Å²) in [6.45, 7) is 6.45. The summed E-state index contributed by atoms with van der Waals surface area (Å²) < 4.78 is 5.19. The molecule has 0 saturated heterocycles. The zero-order valence-electron chi connectivity index (χ0n) is 10.1. The minimum atomic E-state index is 0.599. The third-order valence-electron chi connectivity index (χ3n) is 2.61. The Morgan fingerprint density at radius 1 is 1.40 bits per heavy atom. The van der Waals surface area contributed by atoms with E-state index >= 15 is 0 Å². The maximum atomic E-state index is 5.19. The fraction of sp³-hybridized carbons (Fsp3) is 0.429. The Labute approximate surface area is 92.8 Å². The average Bonchev–Trinajstić information content (AvgIpc) is 2.21. The van der Waals surface area contributed by atoms with Crippen molar-refractivity contribution >= 4 is 0 Å². The molecule has 0 amide bonds. The van der Waals surface area contributed by atoms with Crippen LogP contribution in [0.4, 0.5) is 0 Å². The standard InChI is InChI=1S/C14H20O/c1-5-6-11(2)9-13-7-8-14(15-4)10-12(13)3/h5-8,10-11H,9H2,1-4H3/b6-5-. The molecule has 0 fully saturated rings. The molecule has 0 aliphatic carbocycles. The molecule has 82 valence electrons. The summed E-state index contributed by atoms with van der Waals surface area (Å²) in [5, 5.41) is 0. The summed E-state index contributed by atoms with van der Waals surface area (Å²) >= 11 is 0. The number of ether oxygens (including phenoxy) is 1. The van der Waals surface area contributed by atoms with Gasteiger partial charge in [-0.15, -0.1) is 0 Å². The van der Waals surface area contributed by atoms with Crippen LogP contribution in [0.1, 0.15) is 25.0 Å².